The van der Waals surface area contributed by atoms with Crippen molar-refractivity contribution in [2.24, 2.45) is 0 Å². The quantitative estimate of drug-likeness (QED) is 0.398. The Kier molecular flexibility index (Phi) is 6.15. The van der Waals surface area contributed by atoms with Gasteiger partial charge in [-0.05, 0) is 5.56 Å². The molecule has 1 heterocycles. The van der Waals surface area contributed by atoms with Crippen molar-refractivity contribution >= 4 is 18.0 Å². The summed E-state index contributed by atoms with van der Waals surface area (Å²) in [5.74, 6) is -4.32. The van der Waals surface area contributed by atoms with Crippen molar-refractivity contribution in [1.29, 1.82) is 0 Å². The second-order valence-corrected chi connectivity index (χ2v) is 5.40. The van der Waals surface area contributed by atoms with E-state index in [1.54, 1.807) is 30.3 Å². The van der Waals surface area contributed by atoms with E-state index >= 15 is 0 Å². The van der Waals surface area contributed by atoms with Crippen molar-refractivity contribution in [3.8, 4) is 0 Å². The zero-order chi connectivity index (χ0) is 19.3. The second kappa shape index (κ2) is 8.32. The Balaban J connectivity index is 2.05. The summed E-state index contributed by atoms with van der Waals surface area (Å²) in [5, 5.41) is 39.3. The molecule has 1 aliphatic heterocycles. The highest BCUT2D eigenvalue weighted by Gasteiger charge is 2.41. The van der Waals surface area contributed by atoms with Gasteiger partial charge in [-0.25, -0.2) is 14.4 Å². The third-order valence-electron chi connectivity index (χ3n) is 3.53. The zero-order valence-corrected chi connectivity index (χ0v) is 13.4. The molecule has 10 heteroatoms. The Bertz CT molecular complexity index is 716. The molecular weight excluding hydrogens is 350 g/mol. The maximum absolute atomic E-state index is 11.9. The van der Waals surface area contributed by atoms with E-state index in [9.17, 15) is 29.7 Å². The van der Waals surface area contributed by atoms with Crippen LogP contribution in [-0.2, 0) is 25.5 Å². The Hall–Kier alpha value is -3.11. The third-order valence-corrected chi connectivity index (χ3v) is 3.53. The molecule has 2 rings (SSSR count). The number of carboxylic acids is 1. The van der Waals surface area contributed by atoms with Crippen LogP contribution in [0.1, 0.15) is 5.56 Å². The predicted molar refractivity (Wildman–Crippen MR) is 83.8 cm³/mol. The van der Waals surface area contributed by atoms with Crippen LogP contribution in [0.2, 0.25) is 0 Å². The number of carbonyl (C=O) groups excluding carboxylic acids is 2. The van der Waals surface area contributed by atoms with E-state index in [1.165, 1.54) is 0 Å². The number of hydrogen-bond donors (Lipinski definition) is 5. The van der Waals surface area contributed by atoms with Crippen molar-refractivity contribution in [1.82, 2.24) is 5.32 Å². The molecule has 1 unspecified atom stereocenters. The number of nitrogens with one attached hydrogen (secondary N) is 1. The molecule has 1 aliphatic rings. The minimum absolute atomic E-state index is 0.0351. The van der Waals surface area contributed by atoms with Gasteiger partial charge < -0.3 is 35.2 Å². The molecule has 0 saturated carbocycles. The van der Waals surface area contributed by atoms with E-state index in [0.29, 0.717) is 5.56 Å². The van der Waals surface area contributed by atoms with Gasteiger partial charge >= 0.3 is 18.0 Å². The van der Waals surface area contributed by atoms with Crippen LogP contribution < -0.4 is 5.32 Å². The highest BCUT2D eigenvalue weighted by molar-refractivity contribution is 5.92. The molecule has 0 fully saturated rings. The van der Waals surface area contributed by atoms with Gasteiger partial charge in [0.05, 0.1) is 6.61 Å². The summed E-state index contributed by atoms with van der Waals surface area (Å²) in [6, 6.07) is 7.16. The van der Waals surface area contributed by atoms with Crippen molar-refractivity contribution in [2.75, 3.05) is 6.61 Å². The van der Waals surface area contributed by atoms with E-state index < -0.39 is 54.4 Å². The van der Waals surface area contributed by atoms with Crippen LogP contribution in [0.15, 0.2) is 41.9 Å². The Morgan fingerprint density at radius 1 is 1.27 bits per heavy atom. The number of amides is 1. The summed E-state index contributed by atoms with van der Waals surface area (Å²) in [7, 11) is 0. The number of rotatable bonds is 7. The fraction of sp³-hybridized carbons (Fsp3) is 0.312. The monoisotopic (exact) mass is 367 g/mol. The van der Waals surface area contributed by atoms with Crippen molar-refractivity contribution < 1.29 is 44.3 Å². The number of esters is 1. The number of benzene rings is 1. The molecule has 26 heavy (non-hydrogen) atoms. The fourth-order valence-electron chi connectivity index (χ4n) is 2.22. The van der Waals surface area contributed by atoms with Gasteiger partial charge in [0.1, 0.15) is 12.1 Å². The van der Waals surface area contributed by atoms with E-state index in [1.807, 2.05) is 0 Å². The lowest BCUT2D eigenvalue weighted by Gasteiger charge is -2.14. The molecule has 0 radical (unpaired) electrons. The first-order valence-electron chi connectivity index (χ1n) is 7.51. The third kappa shape index (κ3) is 4.49. The number of cyclic esters (lactones) is 1. The molecule has 5 N–H and O–H groups in total. The van der Waals surface area contributed by atoms with Crippen LogP contribution in [-0.4, -0.2) is 63.3 Å². The van der Waals surface area contributed by atoms with Gasteiger partial charge in [-0.3, -0.25) is 0 Å². The maximum Gasteiger partial charge on any atom is 0.413 e. The standard InChI is InChI=1S/C16H17NO9/c18-7-10(19)12-11(20)13(15(23)25-12)26-16(24)17-9(14(21)22)6-8-4-2-1-3-5-8/h1-5,9-10,12,18-20H,6-7H2,(H,17,24)(H,21,22)/t9?,10-,12+/m0/s1. The summed E-state index contributed by atoms with van der Waals surface area (Å²) in [4.78, 5) is 34.8. The molecule has 140 valence electrons. The number of hydrogen-bond acceptors (Lipinski definition) is 8. The van der Waals surface area contributed by atoms with Gasteiger partial charge in [0.2, 0.25) is 0 Å². The summed E-state index contributed by atoms with van der Waals surface area (Å²) in [6.07, 6.45) is -4.51. The van der Waals surface area contributed by atoms with Crippen LogP contribution in [0.4, 0.5) is 4.79 Å². The molecule has 0 aromatic heterocycles. The Morgan fingerprint density at radius 3 is 2.50 bits per heavy atom. The summed E-state index contributed by atoms with van der Waals surface area (Å²) in [6.45, 7) is -0.806. The summed E-state index contributed by atoms with van der Waals surface area (Å²) < 4.78 is 9.22. The molecule has 1 aromatic carbocycles. The topological polar surface area (TPSA) is 163 Å². The van der Waals surface area contributed by atoms with E-state index in [-0.39, 0.29) is 6.42 Å². The number of aliphatic hydroxyl groups excluding tert-OH is 3. The van der Waals surface area contributed by atoms with Crippen LogP contribution in [0.3, 0.4) is 0 Å². The van der Waals surface area contributed by atoms with Gasteiger partial charge in [-0.2, -0.15) is 0 Å². The van der Waals surface area contributed by atoms with Gasteiger partial charge in [-0.1, -0.05) is 30.3 Å². The second-order valence-electron chi connectivity index (χ2n) is 5.40. The number of carbonyl (C=O) groups is 3. The first-order valence-corrected chi connectivity index (χ1v) is 7.51. The van der Waals surface area contributed by atoms with Gasteiger partial charge in [-0.15, -0.1) is 0 Å². The normalized spacial score (nSPS) is 18.8. The van der Waals surface area contributed by atoms with Gasteiger partial charge in [0.15, 0.2) is 11.9 Å². The number of carboxylic acid groups (broad SMARTS) is 1. The first kappa shape index (κ1) is 19.2. The van der Waals surface area contributed by atoms with Crippen molar-refractivity contribution in [3.05, 3.63) is 47.4 Å². The van der Waals surface area contributed by atoms with E-state index in [0.717, 1.165) is 0 Å². The Labute approximate surface area is 147 Å². The van der Waals surface area contributed by atoms with Gasteiger partial charge in [0.25, 0.3) is 5.76 Å². The number of aliphatic hydroxyl groups is 3. The maximum atomic E-state index is 11.9. The van der Waals surface area contributed by atoms with Crippen molar-refractivity contribution in [3.63, 3.8) is 0 Å². The number of alkyl carbamates (subject to hydrolysis) is 1. The largest absolute Gasteiger partial charge is 0.505 e. The molecule has 1 aromatic rings. The van der Waals surface area contributed by atoms with E-state index in [2.05, 4.69) is 14.8 Å². The molecule has 0 spiro atoms. The summed E-state index contributed by atoms with van der Waals surface area (Å²) in [5.41, 5.74) is 0.647. The Morgan fingerprint density at radius 2 is 1.92 bits per heavy atom. The zero-order valence-electron chi connectivity index (χ0n) is 13.4. The molecule has 3 atom stereocenters. The first-order chi connectivity index (χ1) is 12.3. The minimum atomic E-state index is -1.60. The number of ether oxygens (including phenoxy) is 2. The predicted octanol–water partition coefficient (Wildman–Crippen LogP) is -0.543. The fourth-order valence-corrected chi connectivity index (χ4v) is 2.22. The highest BCUT2D eigenvalue weighted by Crippen LogP contribution is 2.24. The average Bonchev–Trinajstić information content (AvgIpc) is 2.89. The molecule has 0 aliphatic carbocycles. The molecule has 0 bridgehead atoms. The lowest BCUT2D eigenvalue weighted by Crippen LogP contribution is -2.42. The summed E-state index contributed by atoms with van der Waals surface area (Å²) >= 11 is 0. The SMILES string of the molecule is O=C(NC(Cc1ccccc1)C(=O)O)OC1=C(O)[C@@H]([C@@H](O)CO)OC1=O. The molecule has 10 nitrogen and oxygen atoms in total. The van der Waals surface area contributed by atoms with Crippen LogP contribution >= 0.6 is 0 Å². The molecular formula is C16H17NO9. The van der Waals surface area contributed by atoms with Gasteiger partial charge in [0, 0.05) is 6.42 Å². The highest BCUT2D eigenvalue weighted by atomic mass is 16.6. The van der Waals surface area contributed by atoms with E-state index in [4.69, 9.17) is 5.11 Å². The van der Waals surface area contributed by atoms with Crippen LogP contribution in [0, 0.1) is 0 Å². The van der Waals surface area contributed by atoms with Crippen LogP contribution in [0.5, 0.6) is 0 Å². The molecule has 1 amide bonds. The van der Waals surface area contributed by atoms with Crippen molar-refractivity contribution in [2.45, 2.75) is 24.7 Å². The average molecular weight is 367 g/mol. The number of aliphatic carboxylic acids is 1. The minimum Gasteiger partial charge on any atom is -0.505 e. The molecule has 0 saturated heterocycles. The lowest BCUT2D eigenvalue weighted by molar-refractivity contribution is -0.147. The van der Waals surface area contributed by atoms with Crippen LogP contribution in [0.25, 0.3) is 0 Å². The smallest absolute Gasteiger partial charge is 0.413 e. The lowest BCUT2D eigenvalue weighted by atomic mass is 10.1.